The number of nitrogens with one attached hydrogen (secondary N) is 2. The summed E-state index contributed by atoms with van der Waals surface area (Å²) in [6, 6.07) is 4.89. The molecule has 2 rings (SSSR count). The van der Waals surface area contributed by atoms with Gasteiger partial charge in [-0.1, -0.05) is 0 Å². The summed E-state index contributed by atoms with van der Waals surface area (Å²) in [4.78, 5) is 13.7. The van der Waals surface area contributed by atoms with Crippen LogP contribution in [0.4, 0.5) is 14.9 Å². The molecule has 6 nitrogen and oxygen atoms in total. The molecule has 1 aromatic rings. The molecule has 21 heavy (non-hydrogen) atoms. The fourth-order valence-electron chi connectivity index (χ4n) is 2.30. The van der Waals surface area contributed by atoms with Crippen LogP contribution in [0.5, 0.6) is 0 Å². The second-order valence-corrected chi connectivity index (χ2v) is 6.89. The van der Waals surface area contributed by atoms with Gasteiger partial charge in [0.15, 0.2) is 0 Å². The molecule has 0 bridgehead atoms. The molecule has 1 aromatic carbocycles. The quantitative estimate of drug-likeness (QED) is 0.884. The number of benzene rings is 1. The Bertz CT molecular complexity index is 604. The third kappa shape index (κ3) is 4.98. The van der Waals surface area contributed by atoms with Gasteiger partial charge in [-0.25, -0.2) is 22.3 Å². The van der Waals surface area contributed by atoms with E-state index >= 15 is 0 Å². The van der Waals surface area contributed by atoms with Crippen molar-refractivity contribution in [2.24, 2.45) is 0 Å². The van der Waals surface area contributed by atoms with Crippen molar-refractivity contribution in [1.82, 2.24) is 9.62 Å². The molecule has 8 heteroatoms. The van der Waals surface area contributed by atoms with E-state index in [4.69, 9.17) is 0 Å². The molecule has 0 radical (unpaired) electrons. The number of amides is 2. The monoisotopic (exact) mass is 315 g/mol. The van der Waals surface area contributed by atoms with Gasteiger partial charge in [-0.05, 0) is 37.1 Å². The lowest BCUT2D eigenvalue weighted by Gasteiger charge is -2.32. The maximum Gasteiger partial charge on any atom is 0.321 e. The summed E-state index contributed by atoms with van der Waals surface area (Å²) < 4.78 is 37.8. The first-order valence-electron chi connectivity index (χ1n) is 6.62. The lowest BCUT2D eigenvalue weighted by atomic mass is 10.1. The first-order chi connectivity index (χ1) is 9.83. The molecule has 1 saturated heterocycles. The first-order valence-corrected chi connectivity index (χ1v) is 8.51. The Kier molecular flexibility index (Phi) is 4.79. The van der Waals surface area contributed by atoms with E-state index in [2.05, 4.69) is 10.0 Å². The van der Waals surface area contributed by atoms with Crippen molar-refractivity contribution in [1.29, 1.82) is 0 Å². The highest BCUT2D eigenvalue weighted by Gasteiger charge is 2.25. The van der Waals surface area contributed by atoms with Crippen LogP contribution in [0.25, 0.3) is 0 Å². The van der Waals surface area contributed by atoms with Crippen LogP contribution >= 0.6 is 0 Å². The molecule has 1 heterocycles. The number of hydrogen-bond acceptors (Lipinski definition) is 3. The average Bonchev–Trinajstić information content (AvgIpc) is 2.40. The van der Waals surface area contributed by atoms with Crippen molar-refractivity contribution in [2.45, 2.75) is 18.9 Å². The minimum absolute atomic E-state index is 0.271. The van der Waals surface area contributed by atoms with Gasteiger partial charge in [-0.3, -0.25) is 0 Å². The van der Waals surface area contributed by atoms with E-state index in [9.17, 15) is 17.6 Å². The molecule has 2 amide bonds. The van der Waals surface area contributed by atoms with Gasteiger partial charge in [0.1, 0.15) is 5.82 Å². The van der Waals surface area contributed by atoms with Gasteiger partial charge in [0.2, 0.25) is 10.0 Å². The smallest absolute Gasteiger partial charge is 0.321 e. The Hall–Kier alpha value is -1.67. The fourth-order valence-corrected chi connectivity index (χ4v) is 3.09. The second kappa shape index (κ2) is 6.40. The van der Waals surface area contributed by atoms with Gasteiger partial charge < -0.3 is 10.2 Å². The summed E-state index contributed by atoms with van der Waals surface area (Å²) in [5.41, 5.74) is 0.500. The van der Waals surface area contributed by atoms with Crippen molar-refractivity contribution in [2.75, 3.05) is 24.7 Å². The molecule has 1 aliphatic heterocycles. The Labute approximate surface area is 123 Å². The van der Waals surface area contributed by atoms with Crippen molar-refractivity contribution in [3.05, 3.63) is 30.1 Å². The highest BCUT2D eigenvalue weighted by molar-refractivity contribution is 7.88. The zero-order valence-electron chi connectivity index (χ0n) is 11.7. The van der Waals surface area contributed by atoms with E-state index in [-0.39, 0.29) is 17.9 Å². The number of sulfonamides is 1. The molecule has 2 N–H and O–H groups in total. The summed E-state index contributed by atoms with van der Waals surface area (Å²) in [6.45, 7) is 0.884. The predicted molar refractivity (Wildman–Crippen MR) is 78.0 cm³/mol. The third-order valence-electron chi connectivity index (χ3n) is 3.18. The Morgan fingerprint density at radius 2 is 2.00 bits per heavy atom. The standard InChI is InChI=1S/C13H18FN3O3S/c1-21(19,20)16-12-3-2-8-17(9-12)13(18)15-11-6-4-10(14)5-7-11/h4-7,12,16H,2-3,8-9H2,1H3,(H,15,18)/t12-/m1/s1. The Balaban J connectivity index is 1.94. The zero-order chi connectivity index (χ0) is 15.5. The van der Waals surface area contributed by atoms with Crippen LogP contribution < -0.4 is 10.0 Å². The van der Waals surface area contributed by atoms with Gasteiger partial charge in [0.05, 0.1) is 6.26 Å². The fraction of sp³-hybridized carbons (Fsp3) is 0.462. The van der Waals surface area contributed by atoms with Crippen LogP contribution in [0, 0.1) is 5.82 Å². The molecule has 0 aliphatic carbocycles. The number of urea groups is 1. The highest BCUT2D eigenvalue weighted by Crippen LogP contribution is 2.14. The number of nitrogens with zero attached hydrogens (tertiary/aromatic N) is 1. The molecule has 0 unspecified atom stereocenters. The van der Waals surface area contributed by atoms with E-state index in [0.29, 0.717) is 25.2 Å². The van der Waals surface area contributed by atoms with Crippen LogP contribution in [0.1, 0.15) is 12.8 Å². The summed E-state index contributed by atoms with van der Waals surface area (Å²) in [5, 5.41) is 2.67. The highest BCUT2D eigenvalue weighted by atomic mass is 32.2. The van der Waals surface area contributed by atoms with Gasteiger partial charge in [0.25, 0.3) is 0 Å². The van der Waals surface area contributed by atoms with E-state index in [1.165, 1.54) is 24.3 Å². The van der Waals surface area contributed by atoms with E-state index in [1.54, 1.807) is 4.90 Å². The third-order valence-corrected chi connectivity index (χ3v) is 3.95. The molecule has 1 aliphatic rings. The summed E-state index contributed by atoms with van der Waals surface area (Å²) in [6.07, 6.45) is 2.53. The predicted octanol–water partition coefficient (Wildman–Crippen LogP) is 1.37. The maximum atomic E-state index is 12.8. The van der Waals surface area contributed by atoms with Crippen molar-refractivity contribution < 1.29 is 17.6 Å². The van der Waals surface area contributed by atoms with Crippen molar-refractivity contribution in [3.63, 3.8) is 0 Å². The summed E-state index contributed by atoms with van der Waals surface area (Å²) >= 11 is 0. The molecule has 0 saturated carbocycles. The Morgan fingerprint density at radius 3 is 2.62 bits per heavy atom. The topological polar surface area (TPSA) is 78.5 Å². The minimum Gasteiger partial charge on any atom is -0.323 e. The van der Waals surface area contributed by atoms with Crippen LogP contribution in [-0.4, -0.2) is 44.7 Å². The first kappa shape index (κ1) is 15.7. The lowest BCUT2D eigenvalue weighted by Crippen LogP contribution is -2.50. The van der Waals surface area contributed by atoms with Gasteiger partial charge in [-0.15, -0.1) is 0 Å². The molecule has 1 fully saturated rings. The van der Waals surface area contributed by atoms with Crippen LogP contribution in [0.3, 0.4) is 0 Å². The number of carbonyl (C=O) groups is 1. The Morgan fingerprint density at radius 1 is 1.33 bits per heavy atom. The molecule has 0 spiro atoms. The van der Waals surface area contributed by atoms with Crippen molar-refractivity contribution >= 4 is 21.7 Å². The molecular formula is C13H18FN3O3S. The number of anilines is 1. The number of hydrogen-bond donors (Lipinski definition) is 2. The molecular weight excluding hydrogens is 297 g/mol. The largest absolute Gasteiger partial charge is 0.323 e. The van der Waals surface area contributed by atoms with Gasteiger partial charge in [-0.2, -0.15) is 0 Å². The van der Waals surface area contributed by atoms with E-state index in [1.807, 2.05) is 0 Å². The lowest BCUT2D eigenvalue weighted by molar-refractivity contribution is 0.190. The average molecular weight is 315 g/mol. The summed E-state index contributed by atoms with van der Waals surface area (Å²) in [7, 11) is -3.29. The van der Waals surface area contributed by atoms with Crippen LogP contribution in [-0.2, 0) is 10.0 Å². The van der Waals surface area contributed by atoms with Gasteiger partial charge in [0, 0.05) is 24.8 Å². The zero-order valence-corrected chi connectivity index (χ0v) is 12.5. The van der Waals surface area contributed by atoms with E-state index in [0.717, 1.165) is 12.7 Å². The van der Waals surface area contributed by atoms with Crippen molar-refractivity contribution in [3.8, 4) is 0 Å². The molecule has 116 valence electrons. The minimum atomic E-state index is -3.29. The van der Waals surface area contributed by atoms with Crippen LogP contribution in [0.2, 0.25) is 0 Å². The second-order valence-electron chi connectivity index (χ2n) is 5.11. The molecule has 0 aromatic heterocycles. The molecule has 1 atom stereocenters. The number of carbonyl (C=O) groups excluding carboxylic acids is 1. The SMILES string of the molecule is CS(=O)(=O)N[C@@H]1CCCN(C(=O)Nc2ccc(F)cc2)C1. The number of likely N-dealkylation sites (tertiary alicyclic amines) is 1. The number of halogens is 1. The maximum absolute atomic E-state index is 12.8. The van der Waals surface area contributed by atoms with Crippen LogP contribution in [0.15, 0.2) is 24.3 Å². The summed E-state index contributed by atoms with van der Waals surface area (Å²) in [5.74, 6) is -0.372. The number of piperidine rings is 1. The number of rotatable bonds is 3. The normalized spacial score (nSPS) is 19.3. The van der Waals surface area contributed by atoms with E-state index < -0.39 is 10.0 Å². The van der Waals surface area contributed by atoms with Gasteiger partial charge >= 0.3 is 6.03 Å².